The van der Waals surface area contributed by atoms with Crippen molar-refractivity contribution in [2.75, 3.05) is 12.3 Å². The van der Waals surface area contributed by atoms with Crippen LogP contribution in [0.4, 0.5) is 5.13 Å². The van der Waals surface area contributed by atoms with E-state index in [4.69, 9.17) is 5.73 Å². The molecular formula is C10H17ClN3S-. The largest absolute Gasteiger partial charge is 1.00 e. The molecule has 15 heavy (non-hydrogen) atoms. The van der Waals surface area contributed by atoms with Crippen LogP contribution in [0.1, 0.15) is 30.3 Å². The number of hydrogen-bond donors (Lipinski definition) is 2. The van der Waals surface area contributed by atoms with E-state index in [0.29, 0.717) is 6.04 Å². The summed E-state index contributed by atoms with van der Waals surface area (Å²) in [6, 6.07) is 0.641. The van der Waals surface area contributed by atoms with Gasteiger partial charge in [-0.1, -0.05) is 6.92 Å². The number of anilines is 1. The van der Waals surface area contributed by atoms with Crippen LogP contribution in [0.5, 0.6) is 0 Å². The Morgan fingerprint density at radius 1 is 1.60 bits per heavy atom. The van der Waals surface area contributed by atoms with Gasteiger partial charge in [-0.05, 0) is 32.2 Å². The summed E-state index contributed by atoms with van der Waals surface area (Å²) >= 11 is 1.65. The molecule has 0 amide bonds. The second-order valence-corrected chi connectivity index (χ2v) is 4.93. The van der Waals surface area contributed by atoms with Gasteiger partial charge in [-0.2, -0.15) is 0 Å². The number of halogens is 1. The number of aromatic nitrogens is 1. The molecule has 0 fully saturated rings. The van der Waals surface area contributed by atoms with Crippen LogP contribution >= 0.6 is 11.3 Å². The summed E-state index contributed by atoms with van der Waals surface area (Å²) in [5.74, 6) is 0. The van der Waals surface area contributed by atoms with Crippen molar-refractivity contribution in [2.24, 2.45) is 0 Å². The molecule has 1 aliphatic carbocycles. The van der Waals surface area contributed by atoms with E-state index in [2.05, 4.69) is 17.2 Å². The number of nitrogens with zero attached hydrogens (tertiary/aromatic N) is 1. The Morgan fingerprint density at radius 2 is 2.40 bits per heavy atom. The van der Waals surface area contributed by atoms with E-state index in [1.54, 1.807) is 11.3 Å². The van der Waals surface area contributed by atoms with Gasteiger partial charge in [0.15, 0.2) is 5.13 Å². The average molecular weight is 247 g/mol. The van der Waals surface area contributed by atoms with Gasteiger partial charge in [-0.25, -0.2) is 4.98 Å². The van der Waals surface area contributed by atoms with Gasteiger partial charge >= 0.3 is 0 Å². The molecule has 5 heteroatoms. The lowest BCUT2D eigenvalue weighted by Gasteiger charge is -2.21. The molecule has 0 aromatic carbocycles. The van der Waals surface area contributed by atoms with Gasteiger partial charge < -0.3 is 23.5 Å². The van der Waals surface area contributed by atoms with Crippen LogP contribution in [0.25, 0.3) is 0 Å². The van der Waals surface area contributed by atoms with Gasteiger partial charge in [0.2, 0.25) is 0 Å². The number of aryl methyl sites for hydroxylation is 1. The summed E-state index contributed by atoms with van der Waals surface area (Å²) in [4.78, 5) is 5.73. The maximum absolute atomic E-state index is 5.69. The third-order valence-electron chi connectivity index (χ3n) is 2.64. The predicted octanol–water partition coefficient (Wildman–Crippen LogP) is -1.41. The van der Waals surface area contributed by atoms with E-state index in [1.807, 2.05) is 0 Å². The lowest BCUT2D eigenvalue weighted by atomic mass is 9.98. The first-order valence-electron chi connectivity index (χ1n) is 5.27. The zero-order chi connectivity index (χ0) is 9.97. The number of hydrogen-bond acceptors (Lipinski definition) is 4. The first-order valence-corrected chi connectivity index (χ1v) is 6.08. The van der Waals surface area contributed by atoms with Crippen LogP contribution in [-0.4, -0.2) is 17.6 Å². The minimum absolute atomic E-state index is 0. The van der Waals surface area contributed by atoms with Gasteiger partial charge in [-0.15, -0.1) is 11.3 Å². The van der Waals surface area contributed by atoms with Crippen molar-refractivity contribution in [3.05, 3.63) is 10.6 Å². The second kappa shape index (κ2) is 5.68. The number of rotatable bonds is 3. The van der Waals surface area contributed by atoms with Gasteiger partial charge in [0.05, 0.1) is 5.69 Å². The lowest BCUT2D eigenvalue weighted by molar-refractivity contribution is -0.00000310. The molecule has 1 aromatic rings. The molecule has 0 radical (unpaired) electrons. The third-order valence-corrected chi connectivity index (χ3v) is 3.59. The van der Waals surface area contributed by atoms with Crippen LogP contribution in [0, 0.1) is 0 Å². The number of nitrogen functional groups attached to an aromatic ring is 1. The van der Waals surface area contributed by atoms with Crippen molar-refractivity contribution in [2.45, 2.75) is 38.6 Å². The van der Waals surface area contributed by atoms with Crippen molar-refractivity contribution < 1.29 is 12.4 Å². The molecule has 3 N–H and O–H groups in total. The minimum Gasteiger partial charge on any atom is -1.00 e. The quantitative estimate of drug-likeness (QED) is 0.689. The fraction of sp³-hybridized carbons (Fsp3) is 0.700. The highest BCUT2D eigenvalue weighted by molar-refractivity contribution is 7.15. The molecular weight excluding hydrogens is 230 g/mol. The highest BCUT2D eigenvalue weighted by Gasteiger charge is 2.21. The van der Waals surface area contributed by atoms with Gasteiger partial charge in [-0.3, -0.25) is 0 Å². The van der Waals surface area contributed by atoms with Crippen LogP contribution < -0.4 is 23.5 Å². The van der Waals surface area contributed by atoms with Gasteiger partial charge in [0.1, 0.15) is 0 Å². The molecule has 1 aliphatic rings. The van der Waals surface area contributed by atoms with Crippen molar-refractivity contribution in [3.8, 4) is 0 Å². The Bertz CT molecular complexity index is 314. The molecule has 0 bridgehead atoms. The SMILES string of the molecule is CCCN[C@H]1CCc2nc(N)sc2C1.[Cl-]. The monoisotopic (exact) mass is 246 g/mol. The molecule has 1 atom stereocenters. The highest BCUT2D eigenvalue weighted by Crippen LogP contribution is 2.27. The number of fused-ring (bicyclic) bond motifs is 1. The maximum Gasteiger partial charge on any atom is 0.180 e. The van der Waals surface area contributed by atoms with Gasteiger partial charge in [0.25, 0.3) is 0 Å². The number of thiazole rings is 1. The van der Waals surface area contributed by atoms with Crippen molar-refractivity contribution in [1.82, 2.24) is 10.3 Å². The lowest BCUT2D eigenvalue weighted by Crippen LogP contribution is -3.00. The fourth-order valence-electron chi connectivity index (χ4n) is 1.92. The summed E-state index contributed by atoms with van der Waals surface area (Å²) in [5.41, 5.74) is 6.93. The first-order chi connectivity index (χ1) is 6.79. The Morgan fingerprint density at radius 3 is 3.13 bits per heavy atom. The van der Waals surface area contributed by atoms with Crippen molar-refractivity contribution >= 4 is 16.5 Å². The maximum atomic E-state index is 5.69. The van der Waals surface area contributed by atoms with Crippen LogP contribution in [0.15, 0.2) is 0 Å². The summed E-state index contributed by atoms with van der Waals surface area (Å²) in [7, 11) is 0. The molecule has 3 nitrogen and oxygen atoms in total. The predicted molar refractivity (Wildman–Crippen MR) is 60.6 cm³/mol. The van der Waals surface area contributed by atoms with Crippen LogP contribution in [0.2, 0.25) is 0 Å². The van der Waals surface area contributed by atoms with Crippen molar-refractivity contribution in [3.63, 3.8) is 0 Å². The molecule has 0 saturated carbocycles. The van der Waals surface area contributed by atoms with E-state index in [-0.39, 0.29) is 12.4 Å². The highest BCUT2D eigenvalue weighted by atomic mass is 35.5. The van der Waals surface area contributed by atoms with E-state index < -0.39 is 0 Å². The number of nitrogens with two attached hydrogens (primary N) is 1. The van der Waals surface area contributed by atoms with E-state index in [1.165, 1.54) is 23.4 Å². The topological polar surface area (TPSA) is 50.9 Å². The fourth-order valence-corrected chi connectivity index (χ4v) is 2.88. The molecule has 0 spiro atoms. The smallest absolute Gasteiger partial charge is 0.180 e. The molecule has 0 unspecified atom stereocenters. The van der Waals surface area contributed by atoms with E-state index >= 15 is 0 Å². The summed E-state index contributed by atoms with van der Waals surface area (Å²) in [5, 5.41) is 4.29. The summed E-state index contributed by atoms with van der Waals surface area (Å²) in [6.07, 6.45) is 4.61. The molecule has 2 rings (SSSR count). The Hall–Kier alpha value is -0.320. The van der Waals surface area contributed by atoms with Crippen LogP contribution in [-0.2, 0) is 12.8 Å². The van der Waals surface area contributed by atoms with Gasteiger partial charge in [0, 0.05) is 10.9 Å². The standard InChI is InChI=1S/C10H17N3S.ClH/c1-2-5-12-7-3-4-8-9(6-7)14-10(11)13-8;/h7,12H,2-6H2,1H3,(H2,11,13);1H/p-1/t7-;/m0./s1. The van der Waals surface area contributed by atoms with Crippen LogP contribution in [0.3, 0.4) is 0 Å². The minimum atomic E-state index is 0. The summed E-state index contributed by atoms with van der Waals surface area (Å²) < 4.78 is 0. The Kier molecular flexibility index (Phi) is 4.83. The molecule has 1 heterocycles. The second-order valence-electron chi connectivity index (χ2n) is 3.82. The molecule has 86 valence electrons. The molecule has 0 saturated heterocycles. The Balaban J connectivity index is 0.00000112. The van der Waals surface area contributed by atoms with E-state index in [0.717, 1.165) is 24.5 Å². The normalized spacial score (nSPS) is 19.4. The number of nitrogens with one attached hydrogen (secondary N) is 1. The van der Waals surface area contributed by atoms with E-state index in [9.17, 15) is 0 Å². The molecule has 0 aliphatic heterocycles. The zero-order valence-electron chi connectivity index (χ0n) is 8.92. The Labute approximate surface area is 101 Å². The molecule has 1 aromatic heterocycles. The summed E-state index contributed by atoms with van der Waals surface area (Å²) in [6.45, 7) is 3.32. The van der Waals surface area contributed by atoms with Crippen molar-refractivity contribution in [1.29, 1.82) is 0 Å². The zero-order valence-corrected chi connectivity index (χ0v) is 10.5. The average Bonchev–Trinajstić information content (AvgIpc) is 2.54. The third kappa shape index (κ3) is 3.06. The first kappa shape index (κ1) is 12.7.